The molecule has 0 spiro atoms. The van der Waals surface area contributed by atoms with E-state index in [1.807, 2.05) is 0 Å². The Balaban J connectivity index is 2.84. The average molecular weight is 206 g/mol. The van der Waals surface area contributed by atoms with Gasteiger partial charge in [0, 0.05) is 0 Å². The predicted molar refractivity (Wildman–Crippen MR) is 68.9 cm³/mol. The normalized spacial score (nSPS) is 37.5. The summed E-state index contributed by atoms with van der Waals surface area (Å²) in [7, 11) is 0. The van der Waals surface area contributed by atoms with Gasteiger partial charge in [0.2, 0.25) is 0 Å². The maximum atomic E-state index is 4.37. The molecule has 86 valence electrons. The Kier molecular flexibility index (Phi) is 4.19. The van der Waals surface area contributed by atoms with E-state index in [1.54, 1.807) is 0 Å². The van der Waals surface area contributed by atoms with Crippen molar-refractivity contribution in [2.24, 2.45) is 17.3 Å². The van der Waals surface area contributed by atoms with Crippen molar-refractivity contribution in [2.75, 3.05) is 0 Å². The van der Waals surface area contributed by atoms with Crippen molar-refractivity contribution in [3.63, 3.8) is 0 Å². The molecule has 0 amide bonds. The van der Waals surface area contributed by atoms with Gasteiger partial charge in [0.1, 0.15) is 0 Å². The second-order valence-electron chi connectivity index (χ2n) is 5.51. The van der Waals surface area contributed by atoms with Crippen LogP contribution >= 0.6 is 0 Å². The molecule has 1 aliphatic rings. The first-order valence-electron chi connectivity index (χ1n) is 6.35. The Bertz CT molecular complexity index is 249. The van der Waals surface area contributed by atoms with Gasteiger partial charge in [0.05, 0.1) is 0 Å². The van der Waals surface area contributed by atoms with Crippen molar-refractivity contribution in [2.45, 2.75) is 53.4 Å². The van der Waals surface area contributed by atoms with Gasteiger partial charge in [0.25, 0.3) is 0 Å². The lowest BCUT2D eigenvalue weighted by Gasteiger charge is -2.43. The summed E-state index contributed by atoms with van der Waals surface area (Å²) in [5.74, 6) is 1.46. The summed E-state index contributed by atoms with van der Waals surface area (Å²) in [5, 5.41) is 0. The lowest BCUT2D eigenvalue weighted by molar-refractivity contribution is 0.201. The summed E-state index contributed by atoms with van der Waals surface area (Å²) in [6.07, 6.45) is 9.71. The minimum absolute atomic E-state index is 0.386. The zero-order valence-corrected chi connectivity index (χ0v) is 10.8. The van der Waals surface area contributed by atoms with Gasteiger partial charge >= 0.3 is 0 Å². The fourth-order valence-electron chi connectivity index (χ4n) is 3.25. The van der Waals surface area contributed by atoms with Crippen LogP contribution in [0.5, 0.6) is 0 Å². The minimum atomic E-state index is 0.386. The Hall–Kier alpha value is -0.520. The van der Waals surface area contributed by atoms with E-state index in [0.29, 0.717) is 11.3 Å². The molecule has 0 saturated heterocycles. The summed E-state index contributed by atoms with van der Waals surface area (Å²) < 4.78 is 0. The van der Waals surface area contributed by atoms with E-state index in [1.165, 1.54) is 31.3 Å². The molecule has 0 aliphatic heterocycles. The molecule has 0 nitrogen and oxygen atoms in total. The van der Waals surface area contributed by atoms with E-state index in [-0.39, 0.29) is 0 Å². The van der Waals surface area contributed by atoms with Crippen LogP contribution in [0.3, 0.4) is 0 Å². The van der Waals surface area contributed by atoms with Crippen LogP contribution < -0.4 is 0 Å². The summed E-state index contributed by atoms with van der Waals surface area (Å²) >= 11 is 0. The highest BCUT2D eigenvalue weighted by Crippen LogP contribution is 2.48. The van der Waals surface area contributed by atoms with Gasteiger partial charge in [-0.1, -0.05) is 51.5 Å². The molecule has 15 heavy (non-hydrogen) atoms. The van der Waals surface area contributed by atoms with Crippen LogP contribution in [0.15, 0.2) is 24.3 Å². The van der Waals surface area contributed by atoms with Crippen molar-refractivity contribution in [1.29, 1.82) is 0 Å². The highest BCUT2D eigenvalue weighted by Gasteiger charge is 2.36. The molecule has 1 saturated carbocycles. The van der Waals surface area contributed by atoms with E-state index in [0.717, 1.165) is 5.92 Å². The smallest absolute Gasteiger partial charge is 0.00181 e. The summed E-state index contributed by atoms with van der Waals surface area (Å²) in [4.78, 5) is 0. The molecule has 0 heterocycles. The summed E-state index contributed by atoms with van der Waals surface area (Å²) in [6, 6.07) is 0. The summed E-state index contributed by atoms with van der Waals surface area (Å²) in [6.45, 7) is 13.6. The first kappa shape index (κ1) is 12.5. The highest BCUT2D eigenvalue weighted by molar-refractivity contribution is 5.21. The van der Waals surface area contributed by atoms with E-state index < -0.39 is 0 Å². The molecular weight excluding hydrogens is 180 g/mol. The molecule has 0 aromatic carbocycles. The van der Waals surface area contributed by atoms with E-state index in [2.05, 4.69) is 46.4 Å². The van der Waals surface area contributed by atoms with Gasteiger partial charge < -0.3 is 0 Å². The molecule has 0 aromatic heterocycles. The van der Waals surface area contributed by atoms with Crippen molar-refractivity contribution < 1.29 is 0 Å². The lowest BCUT2D eigenvalue weighted by Crippen LogP contribution is -2.31. The topological polar surface area (TPSA) is 0 Å². The van der Waals surface area contributed by atoms with Gasteiger partial charge in [-0.15, -0.1) is 0 Å². The Morgan fingerprint density at radius 1 is 1.53 bits per heavy atom. The van der Waals surface area contributed by atoms with Crippen molar-refractivity contribution in [3.05, 3.63) is 24.3 Å². The fraction of sp³-hybridized carbons (Fsp3) is 0.733. The molecule has 1 rings (SSSR count). The molecule has 0 bridgehead atoms. The molecule has 0 radical (unpaired) electrons. The van der Waals surface area contributed by atoms with Crippen LogP contribution in [0.1, 0.15) is 53.4 Å². The third-order valence-electron chi connectivity index (χ3n) is 3.90. The fourth-order valence-corrected chi connectivity index (χ4v) is 3.25. The van der Waals surface area contributed by atoms with Gasteiger partial charge in [-0.25, -0.2) is 0 Å². The third-order valence-corrected chi connectivity index (χ3v) is 3.90. The zero-order valence-electron chi connectivity index (χ0n) is 10.8. The molecule has 1 fully saturated rings. The Morgan fingerprint density at radius 3 is 2.73 bits per heavy atom. The monoisotopic (exact) mass is 206 g/mol. The van der Waals surface area contributed by atoms with Gasteiger partial charge in [0.15, 0.2) is 0 Å². The van der Waals surface area contributed by atoms with E-state index in [4.69, 9.17) is 0 Å². The zero-order chi connectivity index (χ0) is 11.5. The summed E-state index contributed by atoms with van der Waals surface area (Å²) in [5.41, 5.74) is 1.86. The Morgan fingerprint density at radius 2 is 2.20 bits per heavy atom. The quantitative estimate of drug-likeness (QED) is 0.572. The second kappa shape index (κ2) is 5.01. The van der Waals surface area contributed by atoms with E-state index >= 15 is 0 Å². The average Bonchev–Trinajstić information content (AvgIpc) is 2.14. The minimum Gasteiger partial charge on any atom is -0.0987 e. The van der Waals surface area contributed by atoms with Gasteiger partial charge in [-0.05, 0) is 43.4 Å². The maximum absolute atomic E-state index is 4.37. The maximum Gasteiger partial charge on any atom is -0.00181 e. The van der Waals surface area contributed by atoms with Crippen LogP contribution in [0, 0.1) is 17.3 Å². The predicted octanol–water partition coefficient (Wildman–Crippen LogP) is 4.97. The van der Waals surface area contributed by atoms with E-state index in [9.17, 15) is 0 Å². The first-order valence-corrected chi connectivity index (χ1v) is 6.35. The van der Waals surface area contributed by atoms with Crippen LogP contribution in [-0.4, -0.2) is 0 Å². The molecule has 0 aromatic rings. The van der Waals surface area contributed by atoms with Crippen LogP contribution in [-0.2, 0) is 0 Å². The Labute approximate surface area is 95.5 Å². The van der Waals surface area contributed by atoms with Gasteiger partial charge in [-0.2, -0.15) is 0 Å². The second-order valence-corrected chi connectivity index (χ2v) is 5.51. The first-order chi connectivity index (χ1) is 7.03. The van der Waals surface area contributed by atoms with Crippen LogP contribution in [0.4, 0.5) is 0 Å². The number of hydrogen-bond acceptors (Lipinski definition) is 0. The highest BCUT2D eigenvalue weighted by atomic mass is 14.4. The molecule has 1 aliphatic carbocycles. The van der Waals surface area contributed by atoms with Crippen LogP contribution in [0.25, 0.3) is 0 Å². The molecule has 0 N–H and O–H groups in total. The number of hydrogen-bond donors (Lipinski definition) is 0. The molecule has 3 atom stereocenters. The molecule has 0 heteroatoms. The van der Waals surface area contributed by atoms with Gasteiger partial charge in [-0.3, -0.25) is 0 Å². The number of allylic oxidation sites excluding steroid dienone is 3. The number of rotatable bonds is 3. The SMILES string of the molecule is C=C1C(/C=C\C)CC(C)CC1(C)CCC. The lowest BCUT2D eigenvalue weighted by atomic mass is 9.62. The van der Waals surface area contributed by atoms with Crippen molar-refractivity contribution in [3.8, 4) is 0 Å². The third kappa shape index (κ3) is 2.74. The molecule has 3 unspecified atom stereocenters. The largest absolute Gasteiger partial charge is 0.0987 e. The van der Waals surface area contributed by atoms with Crippen LogP contribution in [0.2, 0.25) is 0 Å². The van der Waals surface area contributed by atoms with Crippen molar-refractivity contribution >= 4 is 0 Å². The molecular formula is C15H26. The standard InChI is InChI=1S/C15H26/c1-6-8-14-10-12(3)11-15(5,9-7-2)13(14)4/h6,8,12,14H,4,7,9-11H2,1-3,5H3/b8-6-. The van der Waals surface area contributed by atoms with Crippen molar-refractivity contribution in [1.82, 2.24) is 0 Å².